The van der Waals surface area contributed by atoms with Crippen molar-refractivity contribution in [1.29, 1.82) is 0 Å². The molecule has 0 aromatic heterocycles. The molecule has 0 aliphatic carbocycles. The van der Waals surface area contributed by atoms with E-state index < -0.39 is 0 Å². The fraction of sp³-hybridized carbons (Fsp3) is 0.533. The highest BCUT2D eigenvalue weighted by Crippen LogP contribution is 2.19. The first-order chi connectivity index (χ1) is 10.0. The zero-order valence-electron chi connectivity index (χ0n) is 12.5. The summed E-state index contributed by atoms with van der Waals surface area (Å²) in [5, 5.41) is 3.82. The number of aryl methyl sites for hydroxylation is 1. The van der Waals surface area contributed by atoms with Crippen LogP contribution in [0.25, 0.3) is 0 Å². The molecular weight excluding hydrogens is 311 g/mol. The van der Waals surface area contributed by atoms with Gasteiger partial charge in [-0.3, -0.25) is 4.90 Å². The van der Waals surface area contributed by atoms with Crippen LogP contribution >= 0.6 is 23.2 Å². The number of carbonyl (C=O) groups is 1. The van der Waals surface area contributed by atoms with E-state index in [2.05, 4.69) is 10.2 Å². The van der Waals surface area contributed by atoms with Crippen molar-refractivity contribution in [3.8, 4) is 0 Å². The fourth-order valence-electron chi connectivity index (χ4n) is 1.91. The molecule has 1 aromatic carbocycles. The molecule has 0 saturated carbocycles. The topological polar surface area (TPSA) is 41.6 Å². The minimum atomic E-state index is -0.339. The number of rotatable bonds is 3. The third-order valence-corrected chi connectivity index (χ3v) is 3.82. The predicted molar refractivity (Wildman–Crippen MR) is 87.3 cm³/mol. The molecule has 1 N–H and O–H groups in total. The Morgan fingerprint density at radius 3 is 2.52 bits per heavy atom. The Morgan fingerprint density at radius 2 is 2.00 bits per heavy atom. The molecule has 118 valence electrons. The largest absolute Gasteiger partial charge is 0.448 e. The van der Waals surface area contributed by atoms with Gasteiger partial charge in [-0.15, -0.1) is 0 Å². The number of halogens is 2. The van der Waals surface area contributed by atoms with Crippen LogP contribution in [0.4, 0.5) is 4.79 Å². The Morgan fingerprint density at radius 1 is 1.33 bits per heavy atom. The molecule has 1 aliphatic heterocycles. The molecular formula is C15H22Cl2N2O2. The molecule has 0 unspecified atom stereocenters. The summed E-state index contributed by atoms with van der Waals surface area (Å²) in [6, 6.07) is 5.45. The van der Waals surface area contributed by atoms with Crippen molar-refractivity contribution in [3.05, 3.63) is 33.8 Å². The number of amides is 1. The Kier molecular flexibility index (Phi) is 8.50. The molecule has 4 nitrogen and oxygen atoms in total. The number of nitrogens with one attached hydrogen (secondary N) is 1. The van der Waals surface area contributed by atoms with E-state index in [1.807, 2.05) is 19.1 Å². The first-order valence-corrected chi connectivity index (χ1v) is 7.77. The summed E-state index contributed by atoms with van der Waals surface area (Å²) in [6.45, 7) is 5.61. The summed E-state index contributed by atoms with van der Waals surface area (Å²) >= 11 is 11.4. The second-order valence-electron chi connectivity index (χ2n) is 4.83. The second kappa shape index (κ2) is 9.87. The van der Waals surface area contributed by atoms with Crippen LogP contribution in [0.5, 0.6) is 0 Å². The third-order valence-electron chi connectivity index (χ3n) is 3.18. The SMILES string of the molecule is CNC(=O)OCCN1CCCC1.Cc1ccc(Cl)cc1Cl. The number of ether oxygens (including phenoxy) is 1. The summed E-state index contributed by atoms with van der Waals surface area (Å²) < 4.78 is 4.86. The van der Waals surface area contributed by atoms with Gasteiger partial charge in [-0.1, -0.05) is 29.3 Å². The lowest BCUT2D eigenvalue weighted by Gasteiger charge is -2.13. The number of hydrogen-bond acceptors (Lipinski definition) is 3. The number of hydrogen-bond donors (Lipinski definition) is 1. The van der Waals surface area contributed by atoms with Crippen molar-refractivity contribution >= 4 is 29.3 Å². The smallest absolute Gasteiger partial charge is 0.406 e. The molecule has 1 amide bonds. The number of benzene rings is 1. The van der Waals surface area contributed by atoms with Crippen molar-refractivity contribution < 1.29 is 9.53 Å². The van der Waals surface area contributed by atoms with Gasteiger partial charge in [0.25, 0.3) is 0 Å². The van der Waals surface area contributed by atoms with Gasteiger partial charge in [0.1, 0.15) is 6.61 Å². The standard InChI is InChI=1S/C8H16N2O2.C7H6Cl2/c1-9-8(11)12-7-6-10-4-2-3-5-10;1-5-2-3-6(8)4-7(5)9/h2-7H2,1H3,(H,9,11);2-4H,1H3. The van der Waals surface area contributed by atoms with Gasteiger partial charge in [0.15, 0.2) is 0 Å². The minimum absolute atomic E-state index is 0.339. The van der Waals surface area contributed by atoms with Gasteiger partial charge in [-0.25, -0.2) is 4.79 Å². The van der Waals surface area contributed by atoms with Gasteiger partial charge >= 0.3 is 6.09 Å². The van der Waals surface area contributed by atoms with Crippen LogP contribution < -0.4 is 5.32 Å². The van der Waals surface area contributed by atoms with E-state index in [4.69, 9.17) is 27.9 Å². The van der Waals surface area contributed by atoms with Crippen LogP contribution in [-0.4, -0.2) is 44.3 Å². The molecule has 6 heteroatoms. The van der Waals surface area contributed by atoms with Crippen LogP contribution in [0.1, 0.15) is 18.4 Å². The number of alkyl carbamates (subject to hydrolysis) is 1. The van der Waals surface area contributed by atoms with Gasteiger partial charge in [0.2, 0.25) is 0 Å². The lowest BCUT2D eigenvalue weighted by molar-refractivity contribution is 0.134. The Labute approximate surface area is 136 Å². The average molecular weight is 333 g/mol. The van der Waals surface area contributed by atoms with Crippen LogP contribution in [-0.2, 0) is 4.74 Å². The highest BCUT2D eigenvalue weighted by molar-refractivity contribution is 6.35. The molecule has 0 atom stereocenters. The Hall–Kier alpha value is -0.970. The number of likely N-dealkylation sites (tertiary alicyclic amines) is 1. The normalized spacial score (nSPS) is 14.3. The quantitative estimate of drug-likeness (QED) is 0.916. The molecule has 1 saturated heterocycles. The van der Waals surface area contributed by atoms with Gasteiger partial charge in [0.05, 0.1) is 0 Å². The molecule has 0 spiro atoms. The van der Waals surface area contributed by atoms with E-state index in [9.17, 15) is 4.79 Å². The average Bonchev–Trinajstić information content (AvgIpc) is 2.97. The van der Waals surface area contributed by atoms with Crippen molar-refractivity contribution in [2.45, 2.75) is 19.8 Å². The van der Waals surface area contributed by atoms with Crippen molar-refractivity contribution in [1.82, 2.24) is 10.2 Å². The third kappa shape index (κ3) is 7.55. The van der Waals surface area contributed by atoms with Crippen molar-refractivity contribution in [2.24, 2.45) is 0 Å². The van der Waals surface area contributed by atoms with Gasteiger partial charge < -0.3 is 10.1 Å². The van der Waals surface area contributed by atoms with Crippen LogP contribution in [0.2, 0.25) is 10.0 Å². The molecule has 1 heterocycles. The zero-order chi connectivity index (χ0) is 15.7. The molecule has 1 aliphatic rings. The summed E-state index contributed by atoms with van der Waals surface area (Å²) in [6.07, 6.45) is 2.22. The summed E-state index contributed by atoms with van der Waals surface area (Å²) in [5.74, 6) is 0. The molecule has 0 radical (unpaired) electrons. The van der Waals surface area contributed by atoms with E-state index in [0.29, 0.717) is 11.6 Å². The summed E-state index contributed by atoms with van der Waals surface area (Å²) in [5.41, 5.74) is 1.06. The van der Waals surface area contributed by atoms with E-state index >= 15 is 0 Å². The summed E-state index contributed by atoms with van der Waals surface area (Å²) in [7, 11) is 1.57. The van der Waals surface area contributed by atoms with E-state index in [1.54, 1.807) is 13.1 Å². The minimum Gasteiger partial charge on any atom is -0.448 e. The number of carbonyl (C=O) groups excluding carboxylic acids is 1. The van der Waals surface area contributed by atoms with Gasteiger partial charge in [-0.2, -0.15) is 0 Å². The molecule has 1 fully saturated rings. The van der Waals surface area contributed by atoms with Crippen LogP contribution in [0, 0.1) is 6.92 Å². The monoisotopic (exact) mass is 332 g/mol. The molecule has 1 aromatic rings. The van der Waals surface area contributed by atoms with Crippen LogP contribution in [0.15, 0.2) is 18.2 Å². The van der Waals surface area contributed by atoms with Gasteiger partial charge in [0, 0.05) is 23.6 Å². The molecule has 0 bridgehead atoms. The Bertz CT molecular complexity index is 449. The van der Waals surface area contributed by atoms with Crippen LogP contribution in [0.3, 0.4) is 0 Å². The molecule has 21 heavy (non-hydrogen) atoms. The van der Waals surface area contributed by atoms with Gasteiger partial charge in [-0.05, 0) is 50.6 Å². The van der Waals surface area contributed by atoms with Crippen molar-refractivity contribution in [3.63, 3.8) is 0 Å². The first kappa shape index (κ1) is 18.1. The molecule has 2 rings (SSSR count). The predicted octanol–water partition coefficient (Wildman–Crippen LogP) is 3.74. The lowest BCUT2D eigenvalue weighted by Crippen LogP contribution is -2.27. The highest BCUT2D eigenvalue weighted by Gasteiger charge is 2.11. The van der Waals surface area contributed by atoms with E-state index in [0.717, 1.165) is 30.2 Å². The second-order valence-corrected chi connectivity index (χ2v) is 5.67. The fourth-order valence-corrected chi connectivity index (χ4v) is 2.32. The number of nitrogens with zero attached hydrogens (tertiary/aromatic N) is 1. The maximum atomic E-state index is 10.6. The van der Waals surface area contributed by atoms with E-state index in [1.165, 1.54) is 12.8 Å². The first-order valence-electron chi connectivity index (χ1n) is 7.01. The van der Waals surface area contributed by atoms with E-state index in [-0.39, 0.29) is 6.09 Å². The van der Waals surface area contributed by atoms with Crippen molar-refractivity contribution in [2.75, 3.05) is 33.3 Å². The lowest BCUT2D eigenvalue weighted by atomic mass is 10.2. The highest BCUT2D eigenvalue weighted by atomic mass is 35.5. The summed E-state index contributed by atoms with van der Waals surface area (Å²) in [4.78, 5) is 12.9. The maximum absolute atomic E-state index is 10.6. The Balaban J connectivity index is 0.000000219. The maximum Gasteiger partial charge on any atom is 0.406 e. The zero-order valence-corrected chi connectivity index (χ0v) is 14.0.